The number of fused-ring (bicyclic) bond motifs is 2. The quantitative estimate of drug-likeness (QED) is 0.118. The molecule has 44 heavy (non-hydrogen) atoms. The van der Waals surface area contributed by atoms with Gasteiger partial charge in [0.15, 0.2) is 5.60 Å². The molecule has 0 aliphatic carbocycles. The van der Waals surface area contributed by atoms with E-state index in [0.717, 1.165) is 5.56 Å². The molecule has 12 heteroatoms. The van der Waals surface area contributed by atoms with Gasteiger partial charge in [0, 0.05) is 47.8 Å². The fourth-order valence-corrected chi connectivity index (χ4v) is 9.76. The van der Waals surface area contributed by atoms with Crippen molar-refractivity contribution >= 4 is 37.6 Å². The van der Waals surface area contributed by atoms with Crippen LogP contribution in [0.1, 0.15) is 55.3 Å². The number of aryl methyl sites for hydroxylation is 1. The summed E-state index contributed by atoms with van der Waals surface area (Å²) in [5.74, 6) is -1.26. The van der Waals surface area contributed by atoms with Crippen LogP contribution < -0.4 is 4.90 Å². The van der Waals surface area contributed by atoms with E-state index in [1.807, 2.05) is 43.3 Å². The topological polar surface area (TPSA) is 107 Å². The Morgan fingerprint density at radius 2 is 1.95 bits per heavy atom. The normalized spacial score (nSPS) is 23.8. The number of amides is 1. The number of halogens is 2. The lowest BCUT2D eigenvalue weighted by molar-refractivity contribution is -0.146. The fraction of sp³-hybridized carbons (Fsp3) is 0.500. The van der Waals surface area contributed by atoms with Crippen LogP contribution in [0.4, 0.5) is 9.80 Å². The average Bonchev–Trinajstić information content (AvgIpc) is 3.65. The summed E-state index contributed by atoms with van der Waals surface area (Å²) in [6.07, 6.45) is 3.13. The predicted molar refractivity (Wildman–Crippen MR) is 168 cm³/mol. The van der Waals surface area contributed by atoms with Gasteiger partial charge in [0.1, 0.15) is 0 Å². The molecule has 0 saturated carbocycles. The number of nitrogens with zero attached hydrogens (tertiary/aromatic N) is 4. The molecule has 3 heterocycles. The molecule has 236 valence electrons. The molecule has 5 rings (SSSR count). The van der Waals surface area contributed by atoms with E-state index in [-0.39, 0.29) is 30.8 Å². The molecule has 0 bridgehead atoms. The molecule has 0 radical (unpaired) electrons. The van der Waals surface area contributed by atoms with Crippen molar-refractivity contribution in [3.05, 3.63) is 76.6 Å². The van der Waals surface area contributed by atoms with Crippen LogP contribution in [0, 0.1) is 5.92 Å². The molecule has 1 fully saturated rings. The van der Waals surface area contributed by atoms with Gasteiger partial charge in [-0.05, 0) is 56.1 Å². The van der Waals surface area contributed by atoms with Gasteiger partial charge < -0.3 is 23.6 Å². The first kappa shape index (κ1) is 32.3. The summed E-state index contributed by atoms with van der Waals surface area (Å²) in [6, 6.07) is 15.0. The third-order valence-electron chi connectivity index (χ3n) is 9.10. The Labute approximate surface area is 263 Å². The number of benzene rings is 2. The second-order valence-electron chi connectivity index (χ2n) is 12.3. The van der Waals surface area contributed by atoms with E-state index in [9.17, 15) is 14.7 Å². The van der Waals surface area contributed by atoms with Crippen LogP contribution in [0.15, 0.2) is 54.7 Å². The first-order chi connectivity index (χ1) is 21.0. The maximum atomic E-state index is 16.1. The van der Waals surface area contributed by atoms with Gasteiger partial charge in [0.05, 0.1) is 37.1 Å². The van der Waals surface area contributed by atoms with Gasteiger partial charge in [-0.15, -0.1) is 5.10 Å². The fourth-order valence-electron chi connectivity index (χ4n) is 7.05. The summed E-state index contributed by atoms with van der Waals surface area (Å²) < 4.78 is 29.4. The van der Waals surface area contributed by atoms with Crippen molar-refractivity contribution in [2.75, 3.05) is 25.2 Å². The number of ether oxygens (including phenoxy) is 2. The lowest BCUT2D eigenvalue weighted by atomic mass is 9.82. The average molecular weight is 643 g/mol. The molecule has 9 nitrogen and oxygen atoms in total. The van der Waals surface area contributed by atoms with Crippen molar-refractivity contribution in [2.24, 2.45) is 5.92 Å². The van der Waals surface area contributed by atoms with Gasteiger partial charge in [-0.2, -0.15) is 0 Å². The number of anilines is 1. The number of carbonyl (C=O) groups is 2. The lowest BCUT2D eigenvalue weighted by Crippen LogP contribution is -2.45. The number of aromatic nitrogens is 3. The summed E-state index contributed by atoms with van der Waals surface area (Å²) in [7, 11) is -1.98. The van der Waals surface area contributed by atoms with E-state index in [4.69, 9.17) is 21.1 Å². The van der Waals surface area contributed by atoms with Gasteiger partial charge in [-0.3, -0.25) is 14.3 Å². The van der Waals surface area contributed by atoms with Crippen LogP contribution >= 0.6 is 11.6 Å². The van der Waals surface area contributed by atoms with Gasteiger partial charge in [-0.25, -0.2) is 0 Å². The number of aliphatic hydroxyl groups excluding tert-OH is 1. The maximum absolute atomic E-state index is 16.1. The van der Waals surface area contributed by atoms with Crippen molar-refractivity contribution < 1.29 is 28.3 Å². The van der Waals surface area contributed by atoms with Crippen molar-refractivity contribution in [3.8, 4) is 0 Å². The standard InChI is InChI=1S/C32H40ClFN4O5Si/c1-21-30(44(3,4)34)28(15-17-37-19-26(35-36-37)24(20-39)22-10-6-5-7-11-22)43-32(21)25-18-23(33)13-14-27(25)38(31(32)41)16-9-8-12-29(40)42-2/h5-7,10-11,13-14,18-19,21,24,28,30,39H,8-9,12,15-17,20H2,1-4H3/t21-,24?,28+,30-,32+/m0/s1. The largest absolute Gasteiger partial charge is 0.469 e. The molecule has 1 spiro atoms. The SMILES string of the molecule is COC(=O)CCCCN1C(=O)[C@]2(O[C@H](CCn3cc(C(CO)c4ccccc4)nn3)[C@@H]([Si](C)(C)F)[C@@H]2C)c2cc(Cl)ccc21. The van der Waals surface area contributed by atoms with E-state index in [1.54, 1.807) is 41.0 Å². The molecular formula is C32H40ClFN4O5Si. The van der Waals surface area contributed by atoms with E-state index >= 15 is 4.11 Å². The minimum Gasteiger partial charge on any atom is -0.469 e. The summed E-state index contributed by atoms with van der Waals surface area (Å²) >= 11 is 6.46. The zero-order valence-electron chi connectivity index (χ0n) is 25.6. The van der Waals surface area contributed by atoms with E-state index in [2.05, 4.69) is 10.3 Å². The molecule has 1 saturated heterocycles. The van der Waals surface area contributed by atoms with Crippen LogP contribution in [-0.2, 0) is 31.2 Å². The highest BCUT2D eigenvalue weighted by molar-refractivity contribution is 6.72. The first-order valence-corrected chi connectivity index (χ1v) is 18.5. The lowest BCUT2D eigenvalue weighted by Gasteiger charge is -2.31. The van der Waals surface area contributed by atoms with Crippen molar-refractivity contribution in [3.63, 3.8) is 0 Å². The highest BCUT2D eigenvalue weighted by atomic mass is 35.5. The molecule has 1 aromatic heterocycles. The summed E-state index contributed by atoms with van der Waals surface area (Å²) in [5, 5.41) is 19.2. The van der Waals surface area contributed by atoms with E-state index in [0.29, 0.717) is 54.3 Å². The summed E-state index contributed by atoms with van der Waals surface area (Å²) in [5.41, 5.74) is 1.13. The molecule has 1 unspecified atom stereocenters. The Morgan fingerprint density at radius 3 is 2.64 bits per heavy atom. The summed E-state index contributed by atoms with van der Waals surface area (Å²) in [4.78, 5) is 27.7. The first-order valence-electron chi connectivity index (χ1n) is 15.1. The van der Waals surface area contributed by atoms with Crippen molar-refractivity contribution in [2.45, 2.75) is 75.4 Å². The Kier molecular flexibility index (Phi) is 9.60. The Balaban J connectivity index is 1.39. The van der Waals surface area contributed by atoms with Crippen LogP contribution in [0.5, 0.6) is 0 Å². The smallest absolute Gasteiger partial charge is 0.305 e. The second kappa shape index (κ2) is 13.1. The van der Waals surface area contributed by atoms with Crippen molar-refractivity contribution in [1.29, 1.82) is 0 Å². The third-order valence-corrected chi connectivity index (χ3v) is 11.8. The van der Waals surface area contributed by atoms with E-state index in [1.165, 1.54) is 7.11 Å². The molecule has 1 amide bonds. The van der Waals surface area contributed by atoms with Crippen LogP contribution in [0.25, 0.3) is 0 Å². The third kappa shape index (κ3) is 6.07. The maximum Gasteiger partial charge on any atom is 0.305 e. The van der Waals surface area contributed by atoms with Gasteiger partial charge in [0.2, 0.25) is 8.41 Å². The van der Waals surface area contributed by atoms with Crippen LogP contribution in [0.3, 0.4) is 0 Å². The number of esters is 1. The zero-order valence-corrected chi connectivity index (χ0v) is 27.3. The minimum absolute atomic E-state index is 0.110. The molecule has 1 N–H and O–H groups in total. The Hall–Kier alpha value is -3.12. The highest BCUT2D eigenvalue weighted by Gasteiger charge is 2.66. The molecule has 2 aliphatic rings. The minimum atomic E-state index is -3.34. The Morgan fingerprint density at radius 1 is 1.20 bits per heavy atom. The van der Waals surface area contributed by atoms with Gasteiger partial charge >= 0.3 is 5.97 Å². The molecule has 5 atom stereocenters. The molecule has 3 aromatic rings. The predicted octanol–water partition coefficient (Wildman–Crippen LogP) is 5.61. The van der Waals surface area contributed by atoms with Gasteiger partial charge in [-0.1, -0.05) is 54.1 Å². The number of unbranched alkanes of at least 4 members (excludes halogenated alkanes) is 1. The number of hydrogen-bond acceptors (Lipinski definition) is 7. The number of aliphatic hydroxyl groups is 1. The monoisotopic (exact) mass is 642 g/mol. The van der Waals surface area contributed by atoms with Crippen LogP contribution in [-0.4, -0.2) is 66.7 Å². The van der Waals surface area contributed by atoms with Crippen molar-refractivity contribution in [1.82, 2.24) is 15.0 Å². The Bertz CT molecular complexity index is 1480. The summed E-state index contributed by atoms with van der Waals surface area (Å²) in [6.45, 7) is 5.95. The van der Waals surface area contributed by atoms with Gasteiger partial charge in [0.25, 0.3) is 5.91 Å². The molecule has 2 aliphatic heterocycles. The van der Waals surface area contributed by atoms with Crippen LogP contribution in [0.2, 0.25) is 23.7 Å². The molecular weight excluding hydrogens is 603 g/mol. The zero-order chi connectivity index (χ0) is 31.6. The second-order valence-corrected chi connectivity index (χ2v) is 16.5. The molecule has 2 aromatic carbocycles. The number of carbonyl (C=O) groups excluding carboxylic acids is 2. The number of hydrogen-bond donors (Lipinski definition) is 1. The highest BCUT2D eigenvalue weighted by Crippen LogP contribution is 2.60. The van der Waals surface area contributed by atoms with E-state index < -0.39 is 31.6 Å². The number of methoxy groups -OCH3 is 1. The number of rotatable bonds is 12.